The summed E-state index contributed by atoms with van der Waals surface area (Å²) in [6.45, 7) is 12.1. The Hall–Kier alpha value is -1.33. The first-order chi connectivity index (χ1) is 9.55. The summed E-state index contributed by atoms with van der Waals surface area (Å²) in [7, 11) is -0.417. The molecule has 114 valence electrons. The van der Waals surface area contributed by atoms with E-state index in [1.54, 1.807) is 0 Å². The molecule has 2 rings (SSSR count). The van der Waals surface area contributed by atoms with Crippen LogP contribution in [-0.2, 0) is 9.31 Å². The van der Waals surface area contributed by atoms with E-state index in [0.717, 1.165) is 11.0 Å². The number of hydrogen-bond donors (Lipinski definition) is 2. The van der Waals surface area contributed by atoms with Gasteiger partial charge >= 0.3 is 7.12 Å². The molecule has 21 heavy (non-hydrogen) atoms. The number of nitrogens with one attached hydrogen (secondary N) is 1. The lowest BCUT2D eigenvalue weighted by Gasteiger charge is -2.32. The van der Waals surface area contributed by atoms with Gasteiger partial charge in [0.05, 0.1) is 11.2 Å². The van der Waals surface area contributed by atoms with E-state index >= 15 is 0 Å². The van der Waals surface area contributed by atoms with Gasteiger partial charge in [0.1, 0.15) is 0 Å². The summed E-state index contributed by atoms with van der Waals surface area (Å²) in [6, 6.07) is 5.68. The zero-order valence-corrected chi connectivity index (χ0v) is 13.8. The average Bonchev–Trinajstić information content (AvgIpc) is 2.57. The Bertz CT molecular complexity index is 551. The standard InChI is InChI=1S/C16H25BN2O2/c1-10(2)14(19)12-8-7-11(9-13(12)18)17-20-15(3,4)16(5,6)21-17/h7-10,19H,18H2,1-6H3. The van der Waals surface area contributed by atoms with Gasteiger partial charge in [0.15, 0.2) is 0 Å². The molecule has 0 saturated carbocycles. The minimum absolute atomic E-state index is 0.148. The maximum atomic E-state index is 8.09. The molecule has 0 aliphatic carbocycles. The summed E-state index contributed by atoms with van der Waals surface area (Å²) in [5, 5.41) is 8.09. The van der Waals surface area contributed by atoms with Crippen LogP contribution in [0.1, 0.15) is 47.1 Å². The van der Waals surface area contributed by atoms with Gasteiger partial charge in [-0.2, -0.15) is 0 Å². The van der Waals surface area contributed by atoms with Crippen LogP contribution >= 0.6 is 0 Å². The highest BCUT2D eigenvalue weighted by molar-refractivity contribution is 6.62. The normalized spacial score (nSPS) is 20.0. The number of nitrogen functional groups attached to an aromatic ring is 1. The Kier molecular flexibility index (Phi) is 3.93. The van der Waals surface area contributed by atoms with E-state index in [4.69, 9.17) is 20.5 Å². The molecule has 1 aromatic rings. The molecule has 0 spiro atoms. The van der Waals surface area contributed by atoms with E-state index in [9.17, 15) is 0 Å². The zero-order valence-electron chi connectivity index (χ0n) is 13.8. The fraction of sp³-hybridized carbons (Fsp3) is 0.562. The van der Waals surface area contributed by atoms with Gasteiger partial charge in [-0.1, -0.05) is 26.0 Å². The molecule has 0 aromatic heterocycles. The predicted octanol–water partition coefficient (Wildman–Crippen LogP) is 2.59. The Labute approximate surface area is 127 Å². The van der Waals surface area contributed by atoms with Gasteiger partial charge in [-0.05, 0) is 45.1 Å². The van der Waals surface area contributed by atoms with Crippen molar-refractivity contribution >= 4 is 24.0 Å². The van der Waals surface area contributed by atoms with E-state index < -0.39 is 7.12 Å². The third-order valence-corrected chi connectivity index (χ3v) is 4.47. The number of anilines is 1. The fourth-order valence-corrected chi connectivity index (χ4v) is 2.26. The molecular weight excluding hydrogens is 263 g/mol. The highest BCUT2D eigenvalue weighted by Crippen LogP contribution is 2.36. The van der Waals surface area contributed by atoms with Crippen molar-refractivity contribution in [3.63, 3.8) is 0 Å². The first-order valence-electron chi connectivity index (χ1n) is 7.39. The summed E-state index contributed by atoms with van der Waals surface area (Å²) in [6.07, 6.45) is 0. The van der Waals surface area contributed by atoms with E-state index in [-0.39, 0.29) is 17.1 Å². The van der Waals surface area contributed by atoms with Gasteiger partial charge in [-0.3, -0.25) is 0 Å². The first-order valence-corrected chi connectivity index (χ1v) is 7.39. The molecule has 1 aromatic carbocycles. The van der Waals surface area contributed by atoms with Crippen molar-refractivity contribution in [3.05, 3.63) is 23.8 Å². The predicted molar refractivity (Wildman–Crippen MR) is 88.2 cm³/mol. The van der Waals surface area contributed by atoms with Crippen molar-refractivity contribution in [2.75, 3.05) is 5.73 Å². The largest absolute Gasteiger partial charge is 0.494 e. The first kappa shape index (κ1) is 16.1. The van der Waals surface area contributed by atoms with Gasteiger partial charge in [-0.25, -0.2) is 0 Å². The summed E-state index contributed by atoms with van der Waals surface area (Å²) in [5.41, 5.74) is 8.20. The summed E-state index contributed by atoms with van der Waals surface area (Å²) in [5.74, 6) is 0.148. The molecule has 1 aliphatic heterocycles. The van der Waals surface area contributed by atoms with Crippen LogP contribution in [0.25, 0.3) is 0 Å². The van der Waals surface area contributed by atoms with Crippen molar-refractivity contribution in [3.8, 4) is 0 Å². The second-order valence-corrected chi connectivity index (χ2v) is 7.00. The SMILES string of the molecule is CC(C)C(=N)c1ccc(B2OC(C)(C)C(C)(C)O2)cc1N. The smallest absolute Gasteiger partial charge is 0.399 e. The lowest BCUT2D eigenvalue weighted by molar-refractivity contribution is 0.00578. The highest BCUT2D eigenvalue weighted by Gasteiger charge is 2.51. The van der Waals surface area contributed by atoms with Gasteiger partial charge in [0, 0.05) is 17.0 Å². The topological polar surface area (TPSA) is 68.3 Å². The summed E-state index contributed by atoms with van der Waals surface area (Å²) >= 11 is 0. The van der Waals surface area contributed by atoms with E-state index in [0.29, 0.717) is 11.4 Å². The van der Waals surface area contributed by atoms with Gasteiger partial charge in [0.2, 0.25) is 0 Å². The van der Waals surface area contributed by atoms with Crippen molar-refractivity contribution in [2.45, 2.75) is 52.7 Å². The Morgan fingerprint density at radius 2 is 1.67 bits per heavy atom. The second-order valence-electron chi connectivity index (χ2n) is 7.00. The Morgan fingerprint density at radius 3 is 2.10 bits per heavy atom. The summed E-state index contributed by atoms with van der Waals surface area (Å²) in [4.78, 5) is 0. The van der Waals surface area contributed by atoms with Crippen molar-refractivity contribution in [1.29, 1.82) is 5.41 Å². The Morgan fingerprint density at radius 1 is 1.14 bits per heavy atom. The van der Waals surface area contributed by atoms with E-state index in [1.807, 2.05) is 59.7 Å². The molecular formula is C16H25BN2O2. The molecule has 3 N–H and O–H groups in total. The lowest BCUT2D eigenvalue weighted by atomic mass is 9.78. The van der Waals surface area contributed by atoms with Crippen LogP contribution in [0.3, 0.4) is 0 Å². The van der Waals surface area contributed by atoms with E-state index in [1.165, 1.54) is 0 Å². The van der Waals surface area contributed by atoms with Crippen molar-refractivity contribution in [1.82, 2.24) is 0 Å². The molecule has 0 amide bonds. The molecule has 1 aliphatic rings. The number of rotatable bonds is 3. The maximum absolute atomic E-state index is 8.09. The van der Waals surface area contributed by atoms with Crippen LogP contribution in [0.5, 0.6) is 0 Å². The number of hydrogen-bond acceptors (Lipinski definition) is 4. The van der Waals surface area contributed by atoms with Crippen LogP contribution in [-0.4, -0.2) is 24.0 Å². The Balaban J connectivity index is 2.28. The molecule has 1 fully saturated rings. The molecule has 0 bridgehead atoms. The van der Waals surface area contributed by atoms with Crippen LogP contribution < -0.4 is 11.2 Å². The number of benzene rings is 1. The summed E-state index contributed by atoms with van der Waals surface area (Å²) < 4.78 is 12.0. The zero-order chi connectivity index (χ0) is 16.0. The number of nitrogens with two attached hydrogens (primary N) is 1. The fourth-order valence-electron chi connectivity index (χ4n) is 2.26. The molecule has 1 saturated heterocycles. The highest BCUT2D eigenvalue weighted by atomic mass is 16.7. The average molecular weight is 288 g/mol. The molecule has 4 nitrogen and oxygen atoms in total. The molecule has 0 radical (unpaired) electrons. The van der Waals surface area contributed by atoms with E-state index in [2.05, 4.69) is 0 Å². The third kappa shape index (κ3) is 2.85. The molecule has 1 heterocycles. The van der Waals surface area contributed by atoms with Crippen molar-refractivity contribution < 1.29 is 9.31 Å². The van der Waals surface area contributed by atoms with Gasteiger partial charge in [-0.15, -0.1) is 0 Å². The van der Waals surface area contributed by atoms with Gasteiger partial charge < -0.3 is 20.5 Å². The van der Waals surface area contributed by atoms with Crippen LogP contribution in [0.4, 0.5) is 5.69 Å². The minimum atomic E-state index is -0.417. The molecule has 0 unspecified atom stereocenters. The van der Waals surface area contributed by atoms with Crippen LogP contribution in [0.2, 0.25) is 0 Å². The quantitative estimate of drug-likeness (QED) is 0.510. The van der Waals surface area contributed by atoms with Gasteiger partial charge in [0.25, 0.3) is 0 Å². The van der Waals surface area contributed by atoms with Crippen LogP contribution in [0.15, 0.2) is 18.2 Å². The maximum Gasteiger partial charge on any atom is 0.494 e. The molecule has 0 atom stereocenters. The second kappa shape index (κ2) is 5.14. The lowest BCUT2D eigenvalue weighted by Crippen LogP contribution is -2.41. The third-order valence-electron chi connectivity index (χ3n) is 4.47. The minimum Gasteiger partial charge on any atom is -0.399 e. The van der Waals surface area contributed by atoms with Crippen LogP contribution in [0, 0.1) is 11.3 Å². The molecule has 5 heteroatoms. The monoisotopic (exact) mass is 288 g/mol. The van der Waals surface area contributed by atoms with Crippen molar-refractivity contribution in [2.24, 2.45) is 5.92 Å².